The van der Waals surface area contributed by atoms with Crippen LogP contribution in [-0.2, 0) is 0 Å². The predicted molar refractivity (Wildman–Crippen MR) is 56.4 cm³/mol. The first-order chi connectivity index (χ1) is 5.70. The minimum absolute atomic E-state index is 0.862. The molecule has 0 aliphatic rings. The van der Waals surface area contributed by atoms with E-state index in [-0.39, 0.29) is 0 Å². The van der Waals surface area contributed by atoms with E-state index in [9.17, 15) is 0 Å². The van der Waals surface area contributed by atoms with Crippen molar-refractivity contribution in [3.05, 3.63) is 0 Å². The van der Waals surface area contributed by atoms with E-state index >= 15 is 0 Å². The van der Waals surface area contributed by atoms with Crippen LogP contribution < -0.4 is 5.32 Å². The largest absolute Gasteiger partial charge is 0.317 e. The predicted octanol–water partition coefficient (Wildman–Crippen LogP) is 3.06. The summed E-state index contributed by atoms with van der Waals surface area (Å²) in [5, 5.41) is 3.42. The summed E-state index contributed by atoms with van der Waals surface area (Å²) in [6.07, 6.45) is 4.09. The van der Waals surface area contributed by atoms with E-state index in [0.29, 0.717) is 0 Å². The normalized spacial score (nSPS) is 13.8. The van der Waals surface area contributed by atoms with Crippen molar-refractivity contribution in [1.29, 1.82) is 0 Å². The maximum Gasteiger partial charge on any atom is -0.00207 e. The van der Waals surface area contributed by atoms with Gasteiger partial charge in [0, 0.05) is 0 Å². The van der Waals surface area contributed by atoms with E-state index in [4.69, 9.17) is 0 Å². The molecule has 1 unspecified atom stereocenters. The van der Waals surface area contributed by atoms with Gasteiger partial charge in [-0.25, -0.2) is 0 Å². The molecule has 0 fully saturated rings. The van der Waals surface area contributed by atoms with Gasteiger partial charge in [0.2, 0.25) is 0 Å². The SMILES string of the molecule is CCNCC(CC)CCC(C)C. The molecule has 0 saturated carbocycles. The molecule has 1 heteroatoms. The zero-order valence-corrected chi connectivity index (χ0v) is 9.19. The van der Waals surface area contributed by atoms with Crippen LogP contribution in [-0.4, -0.2) is 13.1 Å². The molecule has 74 valence electrons. The molecule has 0 bridgehead atoms. The molecule has 0 aromatic rings. The summed E-state index contributed by atoms with van der Waals surface area (Å²) < 4.78 is 0. The molecule has 1 N–H and O–H groups in total. The van der Waals surface area contributed by atoms with Gasteiger partial charge in [-0.15, -0.1) is 0 Å². The Labute approximate surface area is 77.9 Å². The van der Waals surface area contributed by atoms with Crippen LogP contribution in [0.3, 0.4) is 0 Å². The zero-order valence-electron chi connectivity index (χ0n) is 9.19. The first-order valence-corrected chi connectivity index (χ1v) is 5.41. The second kappa shape index (κ2) is 7.60. The fourth-order valence-corrected chi connectivity index (χ4v) is 1.37. The Morgan fingerprint density at radius 3 is 2.17 bits per heavy atom. The maximum atomic E-state index is 3.42. The van der Waals surface area contributed by atoms with Gasteiger partial charge < -0.3 is 5.32 Å². The van der Waals surface area contributed by atoms with E-state index in [0.717, 1.165) is 18.4 Å². The summed E-state index contributed by atoms with van der Waals surface area (Å²) in [4.78, 5) is 0. The summed E-state index contributed by atoms with van der Waals surface area (Å²) in [5.41, 5.74) is 0. The van der Waals surface area contributed by atoms with Crippen molar-refractivity contribution in [1.82, 2.24) is 5.32 Å². The Bertz CT molecular complexity index is 89.0. The van der Waals surface area contributed by atoms with Crippen LogP contribution in [0.5, 0.6) is 0 Å². The third-order valence-corrected chi connectivity index (χ3v) is 2.41. The minimum Gasteiger partial charge on any atom is -0.317 e. The second-order valence-corrected chi connectivity index (χ2v) is 4.05. The van der Waals surface area contributed by atoms with E-state index in [2.05, 4.69) is 33.0 Å². The molecule has 0 saturated heterocycles. The molecule has 0 rings (SSSR count). The fourth-order valence-electron chi connectivity index (χ4n) is 1.37. The van der Waals surface area contributed by atoms with Gasteiger partial charge in [-0.3, -0.25) is 0 Å². The van der Waals surface area contributed by atoms with Crippen molar-refractivity contribution in [3.8, 4) is 0 Å². The average Bonchev–Trinajstić information content (AvgIpc) is 2.05. The molecule has 0 heterocycles. The Morgan fingerprint density at radius 1 is 1.08 bits per heavy atom. The maximum absolute atomic E-state index is 3.42. The lowest BCUT2D eigenvalue weighted by molar-refractivity contribution is 0.395. The first-order valence-electron chi connectivity index (χ1n) is 5.41. The lowest BCUT2D eigenvalue weighted by Gasteiger charge is -2.15. The van der Waals surface area contributed by atoms with Crippen molar-refractivity contribution in [2.45, 2.75) is 47.0 Å². The van der Waals surface area contributed by atoms with Gasteiger partial charge in [-0.2, -0.15) is 0 Å². The van der Waals surface area contributed by atoms with Gasteiger partial charge in [0.05, 0.1) is 0 Å². The van der Waals surface area contributed by atoms with Crippen LogP contribution in [0.25, 0.3) is 0 Å². The van der Waals surface area contributed by atoms with E-state index in [1.807, 2.05) is 0 Å². The van der Waals surface area contributed by atoms with E-state index < -0.39 is 0 Å². The standard InChI is InChI=1S/C11H25N/c1-5-11(9-12-6-2)8-7-10(3)4/h10-12H,5-9H2,1-4H3. The van der Waals surface area contributed by atoms with E-state index in [1.165, 1.54) is 25.8 Å². The molecule has 1 atom stereocenters. The van der Waals surface area contributed by atoms with Crippen molar-refractivity contribution < 1.29 is 0 Å². The van der Waals surface area contributed by atoms with Crippen molar-refractivity contribution >= 4 is 0 Å². The minimum atomic E-state index is 0.862. The summed E-state index contributed by atoms with van der Waals surface area (Å²) in [5.74, 6) is 1.76. The van der Waals surface area contributed by atoms with Gasteiger partial charge in [0.15, 0.2) is 0 Å². The van der Waals surface area contributed by atoms with Crippen LogP contribution in [0, 0.1) is 11.8 Å². The van der Waals surface area contributed by atoms with Crippen LogP contribution in [0.1, 0.15) is 47.0 Å². The molecule has 12 heavy (non-hydrogen) atoms. The van der Waals surface area contributed by atoms with Crippen molar-refractivity contribution in [2.75, 3.05) is 13.1 Å². The highest BCUT2D eigenvalue weighted by Crippen LogP contribution is 2.14. The number of rotatable bonds is 7. The highest BCUT2D eigenvalue weighted by molar-refractivity contribution is 4.61. The second-order valence-electron chi connectivity index (χ2n) is 4.05. The summed E-state index contributed by atoms with van der Waals surface area (Å²) in [6, 6.07) is 0. The number of hydrogen-bond donors (Lipinski definition) is 1. The third-order valence-electron chi connectivity index (χ3n) is 2.41. The molecule has 0 aromatic carbocycles. The summed E-state index contributed by atoms with van der Waals surface area (Å²) in [7, 11) is 0. The molecule has 0 radical (unpaired) electrons. The van der Waals surface area contributed by atoms with Gasteiger partial charge in [-0.1, -0.05) is 40.5 Å². The van der Waals surface area contributed by atoms with Crippen LogP contribution in [0.4, 0.5) is 0 Å². The Kier molecular flexibility index (Phi) is 7.58. The molecule has 1 nitrogen and oxygen atoms in total. The Hall–Kier alpha value is -0.0400. The van der Waals surface area contributed by atoms with Crippen molar-refractivity contribution in [3.63, 3.8) is 0 Å². The lowest BCUT2D eigenvalue weighted by Crippen LogP contribution is -2.22. The molecule has 0 aliphatic heterocycles. The van der Waals surface area contributed by atoms with Crippen LogP contribution in [0.15, 0.2) is 0 Å². The average molecular weight is 171 g/mol. The van der Waals surface area contributed by atoms with Gasteiger partial charge in [0.25, 0.3) is 0 Å². The molecular formula is C11H25N. The van der Waals surface area contributed by atoms with Crippen LogP contribution >= 0.6 is 0 Å². The van der Waals surface area contributed by atoms with Crippen LogP contribution in [0.2, 0.25) is 0 Å². The number of nitrogens with one attached hydrogen (secondary N) is 1. The highest BCUT2D eigenvalue weighted by Gasteiger charge is 2.05. The summed E-state index contributed by atoms with van der Waals surface area (Å²) >= 11 is 0. The molecule has 0 amide bonds. The monoisotopic (exact) mass is 171 g/mol. The van der Waals surface area contributed by atoms with Gasteiger partial charge in [0.1, 0.15) is 0 Å². The molecule has 0 aliphatic carbocycles. The summed E-state index contributed by atoms with van der Waals surface area (Å²) in [6.45, 7) is 11.4. The quantitative estimate of drug-likeness (QED) is 0.621. The topological polar surface area (TPSA) is 12.0 Å². The Balaban J connectivity index is 3.39. The van der Waals surface area contributed by atoms with Gasteiger partial charge >= 0.3 is 0 Å². The molecule has 0 aromatic heterocycles. The molecule has 0 spiro atoms. The first kappa shape index (κ1) is 12.0. The molecular weight excluding hydrogens is 146 g/mol. The Morgan fingerprint density at radius 2 is 1.75 bits per heavy atom. The smallest absolute Gasteiger partial charge is 0.00207 e. The lowest BCUT2D eigenvalue weighted by atomic mass is 9.96. The van der Waals surface area contributed by atoms with Gasteiger partial charge in [-0.05, 0) is 31.3 Å². The van der Waals surface area contributed by atoms with E-state index in [1.54, 1.807) is 0 Å². The van der Waals surface area contributed by atoms with Crippen molar-refractivity contribution in [2.24, 2.45) is 11.8 Å². The highest BCUT2D eigenvalue weighted by atomic mass is 14.8. The number of hydrogen-bond acceptors (Lipinski definition) is 1. The third kappa shape index (κ3) is 6.66. The zero-order chi connectivity index (χ0) is 9.40. The fraction of sp³-hybridized carbons (Fsp3) is 1.00.